The quantitative estimate of drug-likeness (QED) is 0.679. The molecule has 0 spiro atoms. The second-order valence-corrected chi connectivity index (χ2v) is 7.98. The molecule has 0 radical (unpaired) electrons. The highest BCUT2D eigenvalue weighted by Gasteiger charge is 2.44. The van der Waals surface area contributed by atoms with E-state index in [0.29, 0.717) is 31.5 Å². The van der Waals surface area contributed by atoms with Gasteiger partial charge in [0.15, 0.2) is 0 Å². The van der Waals surface area contributed by atoms with Crippen molar-refractivity contribution in [3.05, 3.63) is 76.5 Å². The van der Waals surface area contributed by atoms with E-state index in [1.165, 1.54) is 12.1 Å². The summed E-state index contributed by atoms with van der Waals surface area (Å²) in [7, 11) is 1.77. The molecule has 1 aliphatic heterocycles. The van der Waals surface area contributed by atoms with E-state index in [9.17, 15) is 14.3 Å². The lowest BCUT2D eigenvalue weighted by atomic mass is 9.79. The van der Waals surface area contributed by atoms with Crippen molar-refractivity contribution < 1.29 is 14.3 Å². The highest BCUT2D eigenvalue weighted by Crippen LogP contribution is 2.41. The normalized spacial score (nSPS) is 19.8. The van der Waals surface area contributed by atoms with Crippen LogP contribution in [0.1, 0.15) is 30.4 Å². The molecule has 0 aromatic heterocycles. The number of carbonyl (C=O) groups is 1. The minimum absolute atomic E-state index is 0.0420. The van der Waals surface area contributed by atoms with Crippen LogP contribution in [0.15, 0.2) is 59.6 Å². The van der Waals surface area contributed by atoms with E-state index in [1.807, 2.05) is 24.3 Å². The largest absolute Gasteiger partial charge is 0.396 e. The number of aliphatic hydroxyl groups excluding tert-OH is 1. The van der Waals surface area contributed by atoms with Crippen LogP contribution in [0.5, 0.6) is 0 Å². The first-order chi connectivity index (χ1) is 13.4. The Bertz CT molecular complexity index is 854. The smallest absolute Gasteiger partial charge is 0.324 e. The summed E-state index contributed by atoms with van der Waals surface area (Å²) in [6, 6.07) is 13.8. The van der Waals surface area contributed by atoms with E-state index in [1.54, 1.807) is 29.0 Å². The summed E-state index contributed by atoms with van der Waals surface area (Å²) in [5.74, 6) is -0.309. The minimum atomic E-state index is -0.579. The predicted octanol–water partition coefficient (Wildman–Crippen LogP) is 4.98. The van der Waals surface area contributed by atoms with Gasteiger partial charge in [0.25, 0.3) is 0 Å². The number of aliphatic hydroxyl groups is 1. The third-order valence-corrected chi connectivity index (χ3v) is 6.07. The van der Waals surface area contributed by atoms with Crippen molar-refractivity contribution in [1.82, 2.24) is 9.80 Å². The van der Waals surface area contributed by atoms with Gasteiger partial charge in [0.05, 0.1) is 5.54 Å². The maximum Gasteiger partial charge on any atom is 0.324 e. The Labute approximate surface area is 173 Å². The summed E-state index contributed by atoms with van der Waals surface area (Å²) in [6.07, 6.45) is 1.83. The van der Waals surface area contributed by atoms with Gasteiger partial charge in [-0.1, -0.05) is 46.8 Å². The molecule has 28 heavy (non-hydrogen) atoms. The molecule has 2 aromatic carbocycles. The van der Waals surface area contributed by atoms with Crippen molar-refractivity contribution >= 4 is 27.7 Å². The second kappa shape index (κ2) is 8.45. The molecular weight excluding hydrogens is 423 g/mol. The van der Waals surface area contributed by atoms with Gasteiger partial charge < -0.3 is 10.0 Å². The molecule has 1 fully saturated rings. The first-order valence-electron chi connectivity index (χ1n) is 9.26. The number of nitrogens with zero attached hydrogens (tertiary/aromatic N) is 2. The van der Waals surface area contributed by atoms with Crippen LogP contribution in [-0.2, 0) is 5.54 Å². The van der Waals surface area contributed by atoms with Crippen LogP contribution in [-0.4, -0.2) is 41.1 Å². The Hall–Kier alpha value is -2.18. The number of rotatable bonds is 6. The average Bonchev–Trinajstić information content (AvgIpc) is 2.70. The first-order valence-corrected chi connectivity index (χ1v) is 10.1. The van der Waals surface area contributed by atoms with Crippen molar-refractivity contribution in [2.75, 3.05) is 20.2 Å². The predicted molar refractivity (Wildman–Crippen MR) is 112 cm³/mol. The molecule has 0 saturated carbocycles. The topological polar surface area (TPSA) is 43.8 Å². The first kappa shape index (κ1) is 20.6. The molecule has 6 heteroatoms. The van der Waals surface area contributed by atoms with E-state index in [2.05, 4.69) is 22.5 Å². The van der Waals surface area contributed by atoms with Gasteiger partial charge in [0.2, 0.25) is 0 Å². The van der Waals surface area contributed by atoms with Crippen LogP contribution in [0.3, 0.4) is 0 Å². The number of benzene rings is 2. The maximum absolute atomic E-state index is 13.4. The van der Waals surface area contributed by atoms with E-state index in [4.69, 9.17) is 0 Å². The third-order valence-electron chi connectivity index (χ3n) is 5.54. The Kier molecular flexibility index (Phi) is 6.20. The van der Waals surface area contributed by atoms with Crippen LogP contribution >= 0.6 is 15.9 Å². The second-order valence-electron chi connectivity index (χ2n) is 7.06. The number of carbonyl (C=O) groups excluding carboxylic acids is 1. The molecular formula is C22H24BrFN2O2. The van der Waals surface area contributed by atoms with Crippen molar-refractivity contribution in [3.63, 3.8) is 0 Å². The summed E-state index contributed by atoms with van der Waals surface area (Å²) < 4.78 is 14.4. The Morgan fingerprint density at radius 3 is 2.46 bits per heavy atom. The standard InChI is InChI=1S/C22H24BrFN2O2/c1-16(17-4-8-19(23)9-5-17)26-14-13-22(12-3-15-27,25(2)21(26)28)18-6-10-20(24)11-7-18/h4-11,27H,1,3,12-15H2,2H3/t22-/m1/s1. The molecule has 148 valence electrons. The van der Waals surface area contributed by atoms with E-state index in [0.717, 1.165) is 15.6 Å². The zero-order valence-electron chi connectivity index (χ0n) is 15.9. The van der Waals surface area contributed by atoms with E-state index < -0.39 is 5.54 Å². The molecule has 0 bridgehead atoms. The van der Waals surface area contributed by atoms with Gasteiger partial charge in [-0.25, -0.2) is 9.18 Å². The van der Waals surface area contributed by atoms with Gasteiger partial charge in [-0.05, 0) is 54.7 Å². The maximum atomic E-state index is 13.4. The SMILES string of the molecule is C=C(c1ccc(Br)cc1)N1CC[C@](CCCO)(c2ccc(F)cc2)N(C)C1=O. The van der Waals surface area contributed by atoms with Crippen LogP contribution in [0, 0.1) is 5.82 Å². The third kappa shape index (κ3) is 3.84. The van der Waals surface area contributed by atoms with Gasteiger partial charge in [-0.2, -0.15) is 0 Å². The van der Waals surface area contributed by atoms with Gasteiger partial charge in [0.1, 0.15) is 5.82 Å². The van der Waals surface area contributed by atoms with Crippen LogP contribution in [0.2, 0.25) is 0 Å². The number of urea groups is 1. The molecule has 0 unspecified atom stereocenters. The van der Waals surface area contributed by atoms with E-state index >= 15 is 0 Å². The summed E-state index contributed by atoms with van der Waals surface area (Å²) in [6.45, 7) is 4.67. The molecule has 1 atom stereocenters. The number of halogens is 2. The molecule has 2 aromatic rings. The molecule has 1 heterocycles. The number of hydrogen-bond donors (Lipinski definition) is 1. The summed E-state index contributed by atoms with van der Waals surface area (Å²) in [5.41, 5.74) is 1.84. The lowest BCUT2D eigenvalue weighted by molar-refractivity contribution is 0.0601. The van der Waals surface area contributed by atoms with Crippen molar-refractivity contribution in [3.8, 4) is 0 Å². The number of amides is 2. The highest BCUT2D eigenvalue weighted by atomic mass is 79.9. The van der Waals surface area contributed by atoms with Gasteiger partial charge in [-0.15, -0.1) is 0 Å². The fourth-order valence-corrected chi connectivity index (χ4v) is 4.14. The molecule has 3 rings (SSSR count). The summed E-state index contributed by atoms with van der Waals surface area (Å²) in [5, 5.41) is 9.37. The lowest BCUT2D eigenvalue weighted by Crippen LogP contribution is -2.57. The molecule has 1 saturated heterocycles. The summed E-state index contributed by atoms with van der Waals surface area (Å²) >= 11 is 3.42. The number of hydrogen-bond acceptors (Lipinski definition) is 2. The fourth-order valence-electron chi connectivity index (χ4n) is 3.88. The van der Waals surface area contributed by atoms with E-state index in [-0.39, 0.29) is 18.5 Å². The summed E-state index contributed by atoms with van der Waals surface area (Å²) in [4.78, 5) is 16.7. The Morgan fingerprint density at radius 1 is 1.21 bits per heavy atom. The Balaban J connectivity index is 1.90. The van der Waals surface area contributed by atoms with Gasteiger partial charge >= 0.3 is 6.03 Å². The average molecular weight is 447 g/mol. The molecule has 2 amide bonds. The van der Waals surface area contributed by atoms with Gasteiger partial charge in [0, 0.05) is 30.4 Å². The minimum Gasteiger partial charge on any atom is -0.396 e. The molecule has 1 aliphatic rings. The monoisotopic (exact) mass is 446 g/mol. The van der Waals surface area contributed by atoms with Crippen molar-refractivity contribution in [2.24, 2.45) is 0 Å². The molecule has 4 nitrogen and oxygen atoms in total. The van der Waals surface area contributed by atoms with Crippen LogP contribution in [0.25, 0.3) is 5.70 Å². The lowest BCUT2D eigenvalue weighted by Gasteiger charge is -2.49. The molecule has 0 aliphatic carbocycles. The van der Waals surface area contributed by atoms with Crippen LogP contribution < -0.4 is 0 Å². The van der Waals surface area contributed by atoms with Crippen LogP contribution in [0.4, 0.5) is 9.18 Å². The fraction of sp³-hybridized carbons (Fsp3) is 0.318. The zero-order valence-corrected chi connectivity index (χ0v) is 17.5. The molecule has 1 N–H and O–H groups in total. The highest BCUT2D eigenvalue weighted by molar-refractivity contribution is 9.10. The van der Waals surface area contributed by atoms with Crippen molar-refractivity contribution in [2.45, 2.75) is 24.8 Å². The Morgan fingerprint density at radius 2 is 1.86 bits per heavy atom. The zero-order chi connectivity index (χ0) is 20.3. The van der Waals surface area contributed by atoms with Gasteiger partial charge in [-0.3, -0.25) is 4.90 Å². The van der Waals surface area contributed by atoms with Crippen molar-refractivity contribution in [1.29, 1.82) is 0 Å².